The molecule has 0 heterocycles. The van der Waals surface area contributed by atoms with Gasteiger partial charge in [-0.25, -0.2) is 0 Å². The Morgan fingerprint density at radius 1 is 1.35 bits per heavy atom. The van der Waals surface area contributed by atoms with Crippen molar-refractivity contribution in [3.8, 4) is 0 Å². The van der Waals surface area contributed by atoms with Crippen LogP contribution in [-0.2, 0) is 9.53 Å². The van der Waals surface area contributed by atoms with E-state index >= 15 is 0 Å². The molecule has 0 aliphatic carbocycles. The molecule has 0 unspecified atom stereocenters. The highest BCUT2D eigenvalue weighted by Gasteiger charge is 2.05. The SMILES string of the molecule is CCOCCN(C)CCCC(=O)Nc1ccccc1N. The maximum Gasteiger partial charge on any atom is 0.224 e. The van der Waals surface area contributed by atoms with Gasteiger partial charge in [-0.15, -0.1) is 0 Å². The number of rotatable bonds is 9. The van der Waals surface area contributed by atoms with Gasteiger partial charge < -0.3 is 20.7 Å². The predicted octanol–water partition coefficient (Wildman–Crippen LogP) is 1.96. The second kappa shape index (κ2) is 9.34. The second-order valence-corrected chi connectivity index (χ2v) is 4.74. The zero-order valence-electron chi connectivity index (χ0n) is 12.4. The summed E-state index contributed by atoms with van der Waals surface area (Å²) in [7, 11) is 2.03. The van der Waals surface area contributed by atoms with Gasteiger partial charge in [-0.3, -0.25) is 4.79 Å². The normalized spacial score (nSPS) is 10.8. The zero-order valence-corrected chi connectivity index (χ0v) is 12.4. The highest BCUT2D eigenvalue weighted by molar-refractivity contribution is 5.93. The van der Waals surface area contributed by atoms with E-state index in [0.29, 0.717) is 17.8 Å². The molecule has 0 aliphatic heterocycles. The molecule has 0 aromatic heterocycles. The van der Waals surface area contributed by atoms with Gasteiger partial charge in [0.05, 0.1) is 18.0 Å². The minimum atomic E-state index is 0.00103. The van der Waals surface area contributed by atoms with Gasteiger partial charge in [-0.05, 0) is 39.1 Å². The Labute approximate surface area is 121 Å². The topological polar surface area (TPSA) is 67.6 Å². The van der Waals surface area contributed by atoms with Gasteiger partial charge >= 0.3 is 0 Å². The first-order valence-electron chi connectivity index (χ1n) is 7.04. The lowest BCUT2D eigenvalue weighted by Gasteiger charge is -2.16. The van der Waals surface area contributed by atoms with Crippen LogP contribution in [0.1, 0.15) is 19.8 Å². The Bertz CT molecular complexity index is 410. The average Bonchev–Trinajstić information content (AvgIpc) is 2.42. The van der Waals surface area contributed by atoms with Crippen molar-refractivity contribution in [3.05, 3.63) is 24.3 Å². The number of carbonyl (C=O) groups is 1. The largest absolute Gasteiger partial charge is 0.397 e. The third-order valence-electron chi connectivity index (χ3n) is 3.00. The van der Waals surface area contributed by atoms with E-state index in [2.05, 4.69) is 10.2 Å². The van der Waals surface area contributed by atoms with Crippen molar-refractivity contribution in [1.82, 2.24) is 4.90 Å². The summed E-state index contributed by atoms with van der Waals surface area (Å²) in [6.45, 7) is 5.24. The molecule has 0 bridgehead atoms. The Hall–Kier alpha value is -1.59. The van der Waals surface area contributed by atoms with Crippen LogP contribution in [0.25, 0.3) is 0 Å². The van der Waals surface area contributed by atoms with E-state index in [0.717, 1.165) is 32.7 Å². The van der Waals surface area contributed by atoms with Gasteiger partial charge in [0.2, 0.25) is 5.91 Å². The van der Waals surface area contributed by atoms with Crippen LogP contribution in [0.15, 0.2) is 24.3 Å². The van der Waals surface area contributed by atoms with Crippen molar-refractivity contribution in [3.63, 3.8) is 0 Å². The molecule has 0 saturated carbocycles. The minimum absolute atomic E-state index is 0.00103. The Balaban J connectivity index is 2.19. The van der Waals surface area contributed by atoms with Crippen molar-refractivity contribution in [2.75, 3.05) is 44.4 Å². The number of nitrogens with one attached hydrogen (secondary N) is 1. The smallest absolute Gasteiger partial charge is 0.224 e. The number of amides is 1. The highest BCUT2D eigenvalue weighted by Crippen LogP contribution is 2.16. The molecule has 0 saturated heterocycles. The van der Waals surface area contributed by atoms with E-state index in [1.165, 1.54) is 0 Å². The van der Waals surface area contributed by atoms with E-state index < -0.39 is 0 Å². The fourth-order valence-electron chi connectivity index (χ4n) is 1.81. The molecule has 0 spiro atoms. The summed E-state index contributed by atoms with van der Waals surface area (Å²) < 4.78 is 5.29. The van der Waals surface area contributed by atoms with Gasteiger partial charge in [0.15, 0.2) is 0 Å². The molecule has 1 aromatic carbocycles. The lowest BCUT2D eigenvalue weighted by molar-refractivity contribution is -0.116. The first-order chi connectivity index (χ1) is 9.63. The fourth-order valence-corrected chi connectivity index (χ4v) is 1.81. The molecular formula is C15H25N3O2. The van der Waals surface area contributed by atoms with E-state index in [4.69, 9.17) is 10.5 Å². The van der Waals surface area contributed by atoms with Crippen LogP contribution in [0.5, 0.6) is 0 Å². The van der Waals surface area contributed by atoms with E-state index in [1.807, 2.05) is 26.1 Å². The monoisotopic (exact) mass is 279 g/mol. The summed E-state index contributed by atoms with van der Waals surface area (Å²) in [6, 6.07) is 7.28. The number of hydrogen-bond donors (Lipinski definition) is 2. The second-order valence-electron chi connectivity index (χ2n) is 4.74. The van der Waals surface area contributed by atoms with Gasteiger partial charge in [0.25, 0.3) is 0 Å². The average molecular weight is 279 g/mol. The maximum absolute atomic E-state index is 11.8. The summed E-state index contributed by atoms with van der Waals surface area (Å²) >= 11 is 0. The number of nitrogens with two attached hydrogens (primary N) is 1. The molecule has 1 rings (SSSR count). The van der Waals surface area contributed by atoms with Crippen LogP contribution in [0, 0.1) is 0 Å². The van der Waals surface area contributed by atoms with Crippen LogP contribution in [0.4, 0.5) is 11.4 Å². The lowest BCUT2D eigenvalue weighted by Crippen LogP contribution is -2.25. The third kappa shape index (κ3) is 6.54. The van der Waals surface area contributed by atoms with E-state index in [9.17, 15) is 4.79 Å². The number of ether oxygens (including phenoxy) is 1. The lowest BCUT2D eigenvalue weighted by atomic mass is 10.2. The summed E-state index contributed by atoms with van der Waals surface area (Å²) in [5.41, 5.74) is 7.05. The molecule has 0 atom stereocenters. The molecule has 3 N–H and O–H groups in total. The quantitative estimate of drug-likeness (QED) is 0.535. The Morgan fingerprint density at radius 2 is 2.10 bits per heavy atom. The summed E-state index contributed by atoms with van der Waals surface area (Å²) in [5, 5.41) is 2.83. The molecule has 0 radical (unpaired) electrons. The summed E-state index contributed by atoms with van der Waals surface area (Å²) in [6.07, 6.45) is 1.31. The van der Waals surface area contributed by atoms with Crippen LogP contribution < -0.4 is 11.1 Å². The maximum atomic E-state index is 11.8. The Kier molecular flexibility index (Phi) is 7.69. The van der Waals surface area contributed by atoms with Crippen LogP contribution in [-0.4, -0.2) is 44.2 Å². The number of benzene rings is 1. The van der Waals surface area contributed by atoms with Crippen LogP contribution in [0.3, 0.4) is 0 Å². The molecular weight excluding hydrogens is 254 g/mol. The van der Waals surface area contributed by atoms with Crippen molar-refractivity contribution in [2.24, 2.45) is 0 Å². The first-order valence-corrected chi connectivity index (χ1v) is 7.04. The first kappa shape index (κ1) is 16.5. The third-order valence-corrected chi connectivity index (χ3v) is 3.00. The van der Waals surface area contributed by atoms with Gasteiger partial charge in [-0.2, -0.15) is 0 Å². The van der Waals surface area contributed by atoms with Crippen LogP contribution in [0.2, 0.25) is 0 Å². The van der Waals surface area contributed by atoms with Crippen molar-refractivity contribution >= 4 is 17.3 Å². The number of carbonyl (C=O) groups excluding carboxylic acids is 1. The minimum Gasteiger partial charge on any atom is -0.397 e. The van der Waals surface area contributed by atoms with E-state index in [1.54, 1.807) is 12.1 Å². The molecule has 5 heteroatoms. The van der Waals surface area contributed by atoms with Crippen molar-refractivity contribution in [1.29, 1.82) is 0 Å². The number of anilines is 2. The Morgan fingerprint density at radius 3 is 2.80 bits per heavy atom. The van der Waals surface area contributed by atoms with E-state index in [-0.39, 0.29) is 5.91 Å². The molecule has 5 nitrogen and oxygen atoms in total. The number of likely N-dealkylation sites (N-methyl/N-ethyl adjacent to an activating group) is 1. The predicted molar refractivity (Wildman–Crippen MR) is 82.7 cm³/mol. The molecule has 112 valence electrons. The standard InChI is InChI=1S/C15H25N3O2/c1-3-20-12-11-18(2)10-6-9-15(19)17-14-8-5-4-7-13(14)16/h4-5,7-8H,3,6,9-12,16H2,1-2H3,(H,17,19). The molecule has 20 heavy (non-hydrogen) atoms. The summed E-state index contributed by atoms with van der Waals surface area (Å²) in [4.78, 5) is 14.0. The fraction of sp³-hybridized carbons (Fsp3) is 0.533. The molecule has 1 amide bonds. The molecule has 0 fully saturated rings. The van der Waals surface area contributed by atoms with Gasteiger partial charge in [-0.1, -0.05) is 12.1 Å². The van der Waals surface area contributed by atoms with Gasteiger partial charge in [0.1, 0.15) is 0 Å². The number of para-hydroxylation sites is 2. The molecule has 1 aromatic rings. The van der Waals surface area contributed by atoms with Crippen molar-refractivity contribution < 1.29 is 9.53 Å². The van der Waals surface area contributed by atoms with Gasteiger partial charge in [0, 0.05) is 19.6 Å². The number of nitrogen functional groups attached to an aromatic ring is 1. The summed E-state index contributed by atoms with van der Waals surface area (Å²) in [5.74, 6) is 0.00103. The zero-order chi connectivity index (χ0) is 14.8. The number of nitrogens with zero attached hydrogens (tertiary/aromatic N) is 1. The van der Waals surface area contributed by atoms with Crippen LogP contribution >= 0.6 is 0 Å². The molecule has 0 aliphatic rings. The number of hydrogen-bond acceptors (Lipinski definition) is 4. The van der Waals surface area contributed by atoms with Crippen molar-refractivity contribution in [2.45, 2.75) is 19.8 Å². The highest BCUT2D eigenvalue weighted by atomic mass is 16.5.